The van der Waals surface area contributed by atoms with Crippen molar-refractivity contribution in [3.8, 4) is 5.69 Å². The van der Waals surface area contributed by atoms with Crippen LogP contribution in [0.3, 0.4) is 0 Å². The van der Waals surface area contributed by atoms with Crippen LogP contribution in [-0.2, 0) is 4.79 Å². The molecule has 2 aromatic carbocycles. The number of thioether (sulfide) groups is 1. The summed E-state index contributed by atoms with van der Waals surface area (Å²) in [7, 11) is 0. The molecule has 7 heteroatoms. The van der Waals surface area contributed by atoms with Gasteiger partial charge in [0.1, 0.15) is 6.33 Å². The second-order valence-electron chi connectivity index (χ2n) is 6.66. The smallest absolute Gasteiger partial charge is 0.237 e. The molecule has 1 N–H and O–H groups in total. The molecule has 3 aromatic rings. The van der Waals surface area contributed by atoms with Crippen LogP contribution in [0.1, 0.15) is 35.3 Å². The van der Waals surface area contributed by atoms with Gasteiger partial charge in [-0.3, -0.25) is 14.2 Å². The summed E-state index contributed by atoms with van der Waals surface area (Å²) in [5, 5.41) is 11.3. The molecule has 3 rings (SSSR count). The molecule has 1 atom stereocenters. The maximum Gasteiger partial charge on any atom is 0.237 e. The number of carbonyl (C=O) groups excluding carboxylic acids is 2. The molecular formula is C21H22N4O2S. The minimum absolute atomic E-state index is 0.0416. The quantitative estimate of drug-likeness (QED) is 0.501. The van der Waals surface area contributed by atoms with E-state index in [9.17, 15) is 9.59 Å². The van der Waals surface area contributed by atoms with Crippen LogP contribution in [0, 0.1) is 13.8 Å². The van der Waals surface area contributed by atoms with Crippen molar-refractivity contribution in [2.45, 2.75) is 38.1 Å². The largest absolute Gasteiger partial charge is 0.325 e. The summed E-state index contributed by atoms with van der Waals surface area (Å²) < 4.78 is 1.89. The topological polar surface area (TPSA) is 76.9 Å². The normalized spacial score (nSPS) is 11.9. The number of nitrogens with one attached hydrogen (secondary N) is 1. The van der Waals surface area contributed by atoms with Crippen molar-refractivity contribution in [1.82, 2.24) is 14.8 Å². The zero-order chi connectivity index (χ0) is 20.3. The Hall–Kier alpha value is -2.93. The van der Waals surface area contributed by atoms with E-state index in [-0.39, 0.29) is 11.7 Å². The van der Waals surface area contributed by atoms with Gasteiger partial charge in [-0.2, -0.15) is 0 Å². The second-order valence-corrected chi connectivity index (χ2v) is 7.97. The Morgan fingerprint density at radius 1 is 1.14 bits per heavy atom. The SMILES string of the molecule is CC(=O)c1cccc(NC(=O)C(C)Sc2nncn2-c2ccc(C)cc2C)c1. The van der Waals surface area contributed by atoms with E-state index < -0.39 is 5.25 Å². The molecule has 0 saturated heterocycles. The lowest BCUT2D eigenvalue weighted by Crippen LogP contribution is -2.23. The summed E-state index contributed by atoms with van der Waals surface area (Å²) in [5.41, 5.74) is 4.44. The van der Waals surface area contributed by atoms with Gasteiger partial charge in [0.15, 0.2) is 10.9 Å². The van der Waals surface area contributed by atoms with Gasteiger partial charge in [-0.1, -0.05) is 41.6 Å². The minimum Gasteiger partial charge on any atom is -0.325 e. The Morgan fingerprint density at radius 2 is 1.93 bits per heavy atom. The van der Waals surface area contributed by atoms with Crippen molar-refractivity contribution in [3.63, 3.8) is 0 Å². The number of hydrogen-bond acceptors (Lipinski definition) is 5. The summed E-state index contributed by atoms with van der Waals surface area (Å²) in [6.45, 7) is 7.40. The lowest BCUT2D eigenvalue weighted by atomic mass is 10.1. The Labute approximate surface area is 168 Å². The Balaban J connectivity index is 1.74. The number of anilines is 1. The average Bonchev–Trinajstić information content (AvgIpc) is 3.09. The molecule has 0 bridgehead atoms. The number of Topliss-reactive ketones (excluding diaryl/α,β-unsaturated/α-hetero) is 1. The van der Waals surface area contributed by atoms with Crippen molar-refractivity contribution in [1.29, 1.82) is 0 Å². The number of benzene rings is 2. The molecule has 6 nitrogen and oxygen atoms in total. The number of carbonyl (C=O) groups is 2. The third kappa shape index (κ3) is 4.48. The van der Waals surface area contributed by atoms with Gasteiger partial charge in [0, 0.05) is 11.3 Å². The highest BCUT2D eigenvalue weighted by Crippen LogP contribution is 2.26. The zero-order valence-electron chi connectivity index (χ0n) is 16.3. The number of hydrogen-bond donors (Lipinski definition) is 1. The highest BCUT2D eigenvalue weighted by molar-refractivity contribution is 8.00. The summed E-state index contributed by atoms with van der Waals surface area (Å²) in [4.78, 5) is 24.1. The molecular weight excluding hydrogens is 372 g/mol. The van der Waals surface area contributed by atoms with Crippen molar-refractivity contribution >= 4 is 29.1 Å². The van der Waals surface area contributed by atoms with Gasteiger partial charge in [0.2, 0.25) is 5.91 Å². The van der Waals surface area contributed by atoms with Crippen LogP contribution < -0.4 is 5.32 Å². The first-order valence-corrected chi connectivity index (χ1v) is 9.79. The predicted octanol–water partition coefficient (Wildman–Crippen LogP) is 4.21. The van der Waals surface area contributed by atoms with E-state index in [4.69, 9.17) is 0 Å². The molecule has 0 aliphatic heterocycles. The molecule has 1 amide bonds. The molecule has 0 spiro atoms. The van der Waals surface area contributed by atoms with Crippen LogP contribution in [0.25, 0.3) is 5.69 Å². The molecule has 28 heavy (non-hydrogen) atoms. The molecule has 1 aromatic heterocycles. The average molecular weight is 395 g/mol. The number of nitrogens with zero attached hydrogens (tertiary/aromatic N) is 3. The Kier molecular flexibility index (Phi) is 5.94. The third-order valence-electron chi connectivity index (χ3n) is 4.32. The highest BCUT2D eigenvalue weighted by atomic mass is 32.2. The van der Waals surface area contributed by atoms with Crippen molar-refractivity contribution in [2.24, 2.45) is 0 Å². The third-order valence-corrected chi connectivity index (χ3v) is 5.37. The zero-order valence-corrected chi connectivity index (χ0v) is 17.1. The summed E-state index contributed by atoms with van der Waals surface area (Å²) in [6.07, 6.45) is 1.65. The lowest BCUT2D eigenvalue weighted by Gasteiger charge is -2.14. The van der Waals surface area contributed by atoms with Gasteiger partial charge in [0.05, 0.1) is 10.9 Å². The highest BCUT2D eigenvalue weighted by Gasteiger charge is 2.19. The van der Waals surface area contributed by atoms with Gasteiger partial charge >= 0.3 is 0 Å². The van der Waals surface area contributed by atoms with E-state index in [1.54, 1.807) is 30.6 Å². The first kappa shape index (κ1) is 19.8. The molecule has 1 heterocycles. The van der Waals surface area contributed by atoms with Crippen LogP contribution >= 0.6 is 11.8 Å². The van der Waals surface area contributed by atoms with E-state index in [2.05, 4.69) is 21.6 Å². The molecule has 0 fully saturated rings. The fraction of sp³-hybridized carbons (Fsp3) is 0.238. The molecule has 0 aliphatic rings. The molecule has 0 saturated carbocycles. The number of aromatic nitrogens is 3. The molecule has 0 aliphatic carbocycles. The first-order valence-electron chi connectivity index (χ1n) is 8.91. The molecule has 144 valence electrons. The van der Waals surface area contributed by atoms with Crippen LogP contribution in [0.2, 0.25) is 0 Å². The fourth-order valence-electron chi connectivity index (χ4n) is 2.82. The monoisotopic (exact) mass is 394 g/mol. The summed E-state index contributed by atoms with van der Waals surface area (Å²) in [6, 6.07) is 13.1. The summed E-state index contributed by atoms with van der Waals surface area (Å²) >= 11 is 1.33. The van der Waals surface area contributed by atoms with Crippen molar-refractivity contribution in [2.75, 3.05) is 5.32 Å². The van der Waals surface area contributed by atoms with Gasteiger partial charge in [0.25, 0.3) is 0 Å². The Morgan fingerprint density at radius 3 is 2.64 bits per heavy atom. The van der Waals surface area contributed by atoms with Crippen LogP contribution in [0.5, 0.6) is 0 Å². The van der Waals surface area contributed by atoms with Crippen LogP contribution in [0.15, 0.2) is 53.9 Å². The van der Waals surface area contributed by atoms with E-state index in [1.165, 1.54) is 24.2 Å². The van der Waals surface area contributed by atoms with Crippen molar-refractivity contribution in [3.05, 3.63) is 65.5 Å². The van der Waals surface area contributed by atoms with Crippen LogP contribution in [0.4, 0.5) is 5.69 Å². The van der Waals surface area contributed by atoms with Gasteiger partial charge in [-0.25, -0.2) is 0 Å². The molecule has 0 radical (unpaired) electrons. The maximum absolute atomic E-state index is 12.6. The number of rotatable bonds is 6. The van der Waals surface area contributed by atoms with Crippen LogP contribution in [-0.4, -0.2) is 31.7 Å². The maximum atomic E-state index is 12.6. The summed E-state index contributed by atoms with van der Waals surface area (Å²) in [5.74, 6) is -0.207. The molecule has 1 unspecified atom stereocenters. The second kappa shape index (κ2) is 8.39. The van der Waals surface area contributed by atoms with Gasteiger partial charge in [-0.15, -0.1) is 10.2 Å². The van der Waals surface area contributed by atoms with E-state index in [1.807, 2.05) is 37.5 Å². The number of ketones is 1. The minimum atomic E-state index is -0.394. The van der Waals surface area contributed by atoms with E-state index in [0.29, 0.717) is 16.4 Å². The van der Waals surface area contributed by atoms with Gasteiger partial charge in [-0.05, 0) is 51.5 Å². The number of amides is 1. The Bertz CT molecular complexity index is 1030. The van der Waals surface area contributed by atoms with E-state index >= 15 is 0 Å². The first-order chi connectivity index (χ1) is 13.3. The number of aryl methyl sites for hydroxylation is 2. The standard InChI is InChI=1S/C21H22N4O2S/c1-13-8-9-19(14(2)10-13)25-12-22-24-21(25)28-16(4)20(27)23-18-7-5-6-17(11-18)15(3)26/h5-12,16H,1-4H3,(H,23,27). The predicted molar refractivity (Wildman–Crippen MR) is 111 cm³/mol. The fourth-order valence-corrected chi connectivity index (χ4v) is 3.65. The lowest BCUT2D eigenvalue weighted by molar-refractivity contribution is -0.115. The van der Waals surface area contributed by atoms with E-state index in [0.717, 1.165) is 11.3 Å². The van der Waals surface area contributed by atoms with Crippen molar-refractivity contribution < 1.29 is 9.59 Å². The van der Waals surface area contributed by atoms with Gasteiger partial charge < -0.3 is 5.32 Å².